The monoisotopic (exact) mass is 264 g/mol. The molecule has 18 heavy (non-hydrogen) atoms. The molecule has 1 aromatic carbocycles. The molecule has 1 saturated heterocycles. The molecule has 2 aliphatic heterocycles. The minimum absolute atomic E-state index is 0.112. The lowest BCUT2D eigenvalue weighted by molar-refractivity contribution is 0.286. The van der Waals surface area contributed by atoms with Gasteiger partial charge in [0.05, 0.1) is 0 Å². The van der Waals surface area contributed by atoms with Gasteiger partial charge in [-0.3, -0.25) is 0 Å². The Balaban J connectivity index is 1.74. The van der Waals surface area contributed by atoms with E-state index in [4.69, 9.17) is 21.3 Å². The first-order valence-corrected chi connectivity index (χ1v) is 6.87. The molecule has 3 nitrogen and oxygen atoms in total. The second kappa shape index (κ2) is 5.29. The number of hydrogen-bond acceptors (Lipinski definition) is 3. The average Bonchev–Trinajstić information content (AvgIpc) is 2.89. The molecular weight excluding hydrogens is 248 g/mol. The maximum absolute atomic E-state index is 6.01. The zero-order valence-corrected chi connectivity index (χ0v) is 11.0. The number of rotatable bonds is 2. The fourth-order valence-corrected chi connectivity index (χ4v) is 2.76. The first-order chi connectivity index (χ1) is 8.83. The van der Waals surface area contributed by atoms with E-state index in [1.54, 1.807) is 0 Å². The highest BCUT2D eigenvalue weighted by atomic mass is 35.5. The van der Waals surface area contributed by atoms with Gasteiger partial charge in [-0.15, -0.1) is 0 Å². The number of nitrogens with zero attached hydrogens (tertiary/aromatic N) is 1. The summed E-state index contributed by atoms with van der Waals surface area (Å²) in [5, 5.41) is 4.15. The van der Waals surface area contributed by atoms with E-state index in [-0.39, 0.29) is 6.04 Å². The number of halogens is 1. The van der Waals surface area contributed by atoms with Crippen LogP contribution in [0.5, 0.6) is 0 Å². The Hall–Kier alpha value is -1.06. The maximum Gasteiger partial charge on any atom is 0.188 e. The van der Waals surface area contributed by atoms with Crippen molar-refractivity contribution in [1.82, 2.24) is 5.32 Å². The molecule has 0 radical (unpaired) electrons. The maximum atomic E-state index is 6.01. The van der Waals surface area contributed by atoms with E-state index in [2.05, 4.69) is 11.4 Å². The SMILES string of the molecule is Clc1cccc(C2COC(C3CCCNC3)=N2)c1. The molecule has 2 atom stereocenters. The number of ether oxygens (including phenoxy) is 1. The molecule has 0 aromatic heterocycles. The van der Waals surface area contributed by atoms with E-state index in [1.807, 2.05) is 18.2 Å². The van der Waals surface area contributed by atoms with Gasteiger partial charge in [-0.1, -0.05) is 23.7 Å². The van der Waals surface area contributed by atoms with Crippen molar-refractivity contribution < 1.29 is 4.74 Å². The number of hydrogen-bond donors (Lipinski definition) is 1. The molecule has 0 amide bonds. The Morgan fingerprint density at radius 3 is 3.11 bits per heavy atom. The van der Waals surface area contributed by atoms with Gasteiger partial charge in [0, 0.05) is 17.5 Å². The van der Waals surface area contributed by atoms with Gasteiger partial charge in [-0.05, 0) is 37.1 Å². The number of aliphatic imine (C=N–C) groups is 1. The lowest BCUT2D eigenvalue weighted by Crippen LogP contribution is -2.34. The van der Waals surface area contributed by atoms with Crippen LogP contribution in [0.15, 0.2) is 29.3 Å². The predicted molar refractivity (Wildman–Crippen MR) is 73.2 cm³/mol. The lowest BCUT2D eigenvalue weighted by Gasteiger charge is -2.21. The van der Waals surface area contributed by atoms with Gasteiger partial charge in [0.25, 0.3) is 0 Å². The van der Waals surface area contributed by atoms with Crippen LogP contribution >= 0.6 is 11.6 Å². The molecule has 1 aromatic rings. The van der Waals surface area contributed by atoms with Gasteiger partial charge in [0.2, 0.25) is 0 Å². The minimum atomic E-state index is 0.112. The van der Waals surface area contributed by atoms with Crippen molar-refractivity contribution in [2.45, 2.75) is 18.9 Å². The van der Waals surface area contributed by atoms with Crippen LogP contribution in [0.25, 0.3) is 0 Å². The quantitative estimate of drug-likeness (QED) is 0.891. The van der Waals surface area contributed by atoms with Crippen LogP contribution in [0.2, 0.25) is 5.02 Å². The van der Waals surface area contributed by atoms with Crippen molar-refractivity contribution in [2.24, 2.45) is 10.9 Å². The predicted octanol–water partition coefficient (Wildman–Crippen LogP) is 2.81. The van der Waals surface area contributed by atoms with Gasteiger partial charge in [-0.2, -0.15) is 0 Å². The standard InChI is InChI=1S/C14H17ClN2O/c15-12-5-1-3-10(7-12)13-9-18-14(17-13)11-4-2-6-16-8-11/h1,3,5,7,11,13,16H,2,4,6,8-9H2. The summed E-state index contributed by atoms with van der Waals surface area (Å²) in [6.07, 6.45) is 2.38. The van der Waals surface area contributed by atoms with Crippen LogP contribution in [0, 0.1) is 5.92 Å². The summed E-state index contributed by atoms with van der Waals surface area (Å²) < 4.78 is 5.77. The van der Waals surface area contributed by atoms with E-state index >= 15 is 0 Å². The third-order valence-corrected chi connectivity index (χ3v) is 3.79. The van der Waals surface area contributed by atoms with Crippen LogP contribution in [0.1, 0.15) is 24.4 Å². The van der Waals surface area contributed by atoms with Crippen LogP contribution in [-0.4, -0.2) is 25.6 Å². The van der Waals surface area contributed by atoms with Gasteiger partial charge >= 0.3 is 0 Å². The van der Waals surface area contributed by atoms with Gasteiger partial charge in [0.15, 0.2) is 5.90 Å². The summed E-state index contributed by atoms with van der Waals surface area (Å²) in [6.45, 7) is 2.74. The second-order valence-electron chi connectivity index (χ2n) is 4.89. The molecule has 1 fully saturated rings. The van der Waals surface area contributed by atoms with Crippen LogP contribution in [-0.2, 0) is 4.74 Å². The fourth-order valence-electron chi connectivity index (χ4n) is 2.56. The van der Waals surface area contributed by atoms with E-state index in [0.717, 1.165) is 29.6 Å². The van der Waals surface area contributed by atoms with Crippen LogP contribution in [0.3, 0.4) is 0 Å². The normalized spacial score (nSPS) is 27.7. The largest absolute Gasteiger partial charge is 0.478 e. The number of nitrogens with one attached hydrogen (secondary N) is 1. The molecule has 0 bridgehead atoms. The smallest absolute Gasteiger partial charge is 0.188 e. The number of benzene rings is 1. The molecule has 0 saturated carbocycles. The third kappa shape index (κ3) is 2.52. The summed E-state index contributed by atoms with van der Waals surface area (Å²) >= 11 is 6.01. The topological polar surface area (TPSA) is 33.6 Å². The van der Waals surface area contributed by atoms with Crippen molar-refractivity contribution in [3.8, 4) is 0 Å². The van der Waals surface area contributed by atoms with E-state index in [9.17, 15) is 0 Å². The Morgan fingerprint density at radius 2 is 2.33 bits per heavy atom. The van der Waals surface area contributed by atoms with Crippen LogP contribution < -0.4 is 5.32 Å². The van der Waals surface area contributed by atoms with Crippen molar-refractivity contribution in [1.29, 1.82) is 0 Å². The highest BCUT2D eigenvalue weighted by molar-refractivity contribution is 6.30. The molecule has 0 spiro atoms. The minimum Gasteiger partial charge on any atom is -0.478 e. The second-order valence-corrected chi connectivity index (χ2v) is 5.33. The van der Waals surface area contributed by atoms with Gasteiger partial charge in [-0.25, -0.2) is 4.99 Å². The third-order valence-electron chi connectivity index (χ3n) is 3.55. The fraction of sp³-hybridized carbons (Fsp3) is 0.500. The molecule has 0 aliphatic carbocycles. The summed E-state index contributed by atoms with van der Waals surface area (Å²) in [7, 11) is 0. The first kappa shape index (κ1) is 12.0. The Bertz CT molecular complexity index is 455. The van der Waals surface area contributed by atoms with Gasteiger partial charge in [0.1, 0.15) is 12.6 Å². The summed E-state index contributed by atoms with van der Waals surface area (Å²) in [6, 6.07) is 8.00. The molecule has 2 heterocycles. The zero-order chi connectivity index (χ0) is 12.4. The molecule has 96 valence electrons. The molecule has 1 N–H and O–H groups in total. The first-order valence-electron chi connectivity index (χ1n) is 6.49. The molecular formula is C14H17ClN2O. The zero-order valence-electron chi connectivity index (χ0n) is 10.2. The van der Waals surface area contributed by atoms with Gasteiger partial charge < -0.3 is 10.1 Å². The highest BCUT2D eigenvalue weighted by Gasteiger charge is 2.27. The average molecular weight is 265 g/mol. The van der Waals surface area contributed by atoms with Crippen molar-refractivity contribution in [3.63, 3.8) is 0 Å². The summed E-state index contributed by atoms with van der Waals surface area (Å²) in [4.78, 5) is 4.72. The van der Waals surface area contributed by atoms with Crippen LogP contribution in [0.4, 0.5) is 0 Å². The molecule has 4 heteroatoms. The lowest BCUT2D eigenvalue weighted by atomic mass is 9.99. The van der Waals surface area contributed by atoms with Crippen molar-refractivity contribution in [3.05, 3.63) is 34.9 Å². The van der Waals surface area contributed by atoms with E-state index in [1.165, 1.54) is 12.8 Å². The summed E-state index contributed by atoms with van der Waals surface area (Å²) in [5.41, 5.74) is 1.14. The van der Waals surface area contributed by atoms with Crippen molar-refractivity contribution in [2.75, 3.05) is 19.7 Å². The Labute approximate surface area is 112 Å². The Kier molecular flexibility index (Phi) is 3.52. The van der Waals surface area contributed by atoms with Crippen molar-refractivity contribution >= 4 is 17.5 Å². The Morgan fingerprint density at radius 1 is 1.39 bits per heavy atom. The molecule has 3 rings (SSSR count). The number of piperidine rings is 1. The summed E-state index contributed by atoms with van der Waals surface area (Å²) in [5.74, 6) is 1.37. The van der Waals surface area contributed by atoms with E-state index < -0.39 is 0 Å². The highest BCUT2D eigenvalue weighted by Crippen LogP contribution is 2.28. The molecule has 2 aliphatic rings. The molecule has 2 unspecified atom stereocenters. The van der Waals surface area contributed by atoms with E-state index in [0.29, 0.717) is 12.5 Å².